The summed E-state index contributed by atoms with van der Waals surface area (Å²) < 4.78 is 38.7. The lowest BCUT2D eigenvalue weighted by Crippen LogP contribution is -2.63. The third-order valence-corrected chi connectivity index (χ3v) is 11.4. The van der Waals surface area contributed by atoms with Gasteiger partial charge in [-0.05, 0) is 48.6 Å². The Balaban J connectivity index is 1.42. The average Bonchev–Trinajstić information content (AvgIpc) is 3.43. The van der Waals surface area contributed by atoms with Gasteiger partial charge in [-0.25, -0.2) is 32.7 Å². The zero-order valence-corrected chi connectivity index (χ0v) is 24.7. The fourth-order valence-electron chi connectivity index (χ4n) is 7.11. The molecule has 2 aromatic rings. The third kappa shape index (κ3) is 5.22. The number of ether oxygens (including phenoxy) is 2. The quantitative estimate of drug-likeness (QED) is 0.460. The Bertz CT molecular complexity index is 1430. The first-order valence-electron chi connectivity index (χ1n) is 14.1. The molecule has 2 saturated carbocycles. The van der Waals surface area contributed by atoms with Crippen molar-refractivity contribution < 1.29 is 37.4 Å². The Morgan fingerprint density at radius 2 is 1.60 bits per heavy atom. The first kappa shape index (κ1) is 29.8. The Labute approximate surface area is 245 Å². The zero-order chi connectivity index (χ0) is 30.3. The van der Waals surface area contributed by atoms with Crippen molar-refractivity contribution in [1.82, 2.24) is 14.7 Å². The van der Waals surface area contributed by atoms with Crippen LogP contribution < -0.4 is 5.43 Å². The first-order valence-corrected chi connectivity index (χ1v) is 15.7. The highest BCUT2D eigenvalue weighted by Crippen LogP contribution is 2.70. The molecule has 1 spiro atoms. The second-order valence-electron chi connectivity index (χ2n) is 12.0. The molecule has 42 heavy (non-hydrogen) atoms. The molecule has 12 heteroatoms. The lowest BCUT2D eigenvalue weighted by atomic mass is 9.69. The van der Waals surface area contributed by atoms with E-state index in [-0.39, 0.29) is 30.3 Å². The molecule has 5 atom stereocenters. The van der Waals surface area contributed by atoms with Crippen LogP contribution in [0.1, 0.15) is 51.2 Å². The number of nitrogens with one attached hydrogen (secondary N) is 1. The number of sulfonamides is 1. The lowest BCUT2D eigenvalue weighted by Gasteiger charge is -2.38. The topological polar surface area (TPSA) is 143 Å². The van der Waals surface area contributed by atoms with Gasteiger partial charge in [-0.1, -0.05) is 74.5 Å². The molecule has 3 aliphatic rings. The summed E-state index contributed by atoms with van der Waals surface area (Å²) in [6.07, 6.45) is -1.76. The van der Waals surface area contributed by atoms with Crippen LogP contribution in [0.4, 0.5) is 9.59 Å². The summed E-state index contributed by atoms with van der Waals surface area (Å²) in [7, 11) is -4.08. The second kappa shape index (κ2) is 11.2. The molecule has 2 aliphatic carbocycles. The number of nitrogens with zero attached hydrogens (tertiary/aromatic N) is 2. The molecule has 0 radical (unpaired) electrons. The van der Waals surface area contributed by atoms with E-state index in [9.17, 15) is 27.9 Å². The Morgan fingerprint density at radius 1 is 1.02 bits per heavy atom. The summed E-state index contributed by atoms with van der Waals surface area (Å²) in [6.45, 7) is 5.03. The number of rotatable bonds is 7. The van der Waals surface area contributed by atoms with Crippen LogP contribution in [0.25, 0.3) is 0 Å². The monoisotopic (exact) mass is 599 g/mol. The highest BCUT2D eigenvalue weighted by molar-refractivity contribution is 7.90. The van der Waals surface area contributed by atoms with E-state index in [2.05, 4.69) is 19.3 Å². The van der Waals surface area contributed by atoms with Crippen molar-refractivity contribution in [3.8, 4) is 0 Å². The molecule has 2 unspecified atom stereocenters. The molecular formula is C30H37N3O8S. The summed E-state index contributed by atoms with van der Waals surface area (Å²) in [5, 5.41) is 11.4. The van der Waals surface area contributed by atoms with Gasteiger partial charge in [0, 0.05) is 5.41 Å². The summed E-state index contributed by atoms with van der Waals surface area (Å²) in [5.74, 6) is -0.941. The van der Waals surface area contributed by atoms with Crippen molar-refractivity contribution in [1.29, 1.82) is 0 Å². The van der Waals surface area contributed by atoms with Crippen molar-refractivity contribution >= 4 is 28.1 Å². The van der Waals surface area contributed by atoms with Gasteiger partial charge in [-0.2, -0.15) is 0 Å². The maximum atomic E-state index is 14.2. The van der Waals surface area contributed by atoms with Crippen LogP contribution in [-0.2, 0) is 37.5 Å². The Kier molecular flexibility index (Phi) is 7.97. The number of hydrogen-bond acceptors (Lipinski definition) is 8. The van der Waals surface area contributed by atoms with Gasteiger partial charge in [0.15, 0.2) is 6.04 Å². The first-order chi connectivity index (χ1) is 19.9. The molecule has 11 nitrogen and oxygen atoms in total. The summed E-state index contributed by atoms with van der Waals surface area (Å²) in [6, 6.07) is 15.2. The van der Waals surface area contributed by atoms with Gasteiger partial charge < -0.3 is 14.6 Å². The second-order valence-corrected chi connectivity index (χ2v) is 13.9. The Morgan fingerprint density at radius 3 is 2.14 bits per heavy atom. The molecule has 226 valence electrons. The number of fused-ring (bicyclic) bond motifs is 1. The third-order valence-electron chi connectivity index (χ3n) is 9.44. The number of aliphatic hydroxyl groups excluding tert-OH is 1. The molecule has 2 bridgehead atoms. The summed E-state index contributed by atoms with van der Waals surface area (Å²) >= 11 is 0. The van der Waals surface area contributed by atoms with Crippen molar-refractivity contribution in [2.24, 2.45) is 16.7 Å². The summed E-state index contributed by atoms with van der Waals surface area (Å²) in [4.78, 5) is 40.4. The molecule has 3 fully saturated rings. The highest BCUT2D eigenvalue weighted by atomic mass is 32.2. The van der Waals surface area contributed by atoms with E-state index in [0.29, 0.717) is 29.0 Å². The van der Waals surface area contributed by atoms with Crippen molar-refractivity contribution in [3.05, 3.63) is 71.8 Å². The molecule has 3 amide bonds. The average molecular weight is 600 g/mol. The minimum absolute atomic E-state index is 0.131. The van der Waals surface area contributed by atoms with Gasteiger partial charge >= 0.3 is 12.2 Å². The number of carbonyl (C=O) groups is 3. The number of benzene rings is 2. The van der Waals surface area contributed by atoms with Crippen LogP contribution in [0, 0.1) is 16.7 Å². The number of amides is 3. The van der Waals surface area contributed by atoms with E-state index in [0.717, 1.165) is 10.7 Å². The fourth-order valence-corrected chi connectivity index (χ4v) is 9.67. The number of carbonyl (C=O) groups excluding carboxylic acids is 3. The van der Waals surface area contributed by atoms with E-state index >= 15 is 0 Å². The maximum Gasteiger partial charge on any atom is 0.429 e. The van der Waals surface area contributed by atoms with Gasteiger partial charge in [0.25, 0.3) is 5.91 Å². The van der Waals surface area contributed by atoms with Crippen molar-refractivity contribution in [2.45, 2.75) is 71.4 Å². The number of hydrazine groups is 1. The maximum absolute atomic E-state index is 14.2. The van der Waals surface area contributed by atoms with Crippen molar-refractivity contribution in [3.63, 3.8) is 0 Å². The van der Waals surface area contributed by atoms with Gasteiger partial charge in [0.05, 0.1) is 17.9 Å². The zero-order valence-electron chi connectivity index (χ0n) is 23.9. The van der Waals surface area contributed by atoms with E-state index < -0.39 is 51.7 Å². The standard InChI is InChI=1S/C30H37N3O8S/c1-20(34)25(26(35)33-24-16-23-14-15-30(24,29(23,2)3)19-42(33,38)39)32(28(37)41-18-22-12-8-5-9-13-22)31-27(36)40-17-21-10-6-4-7-11-21/h4-13,20,23-25,34H,14-19H2,1-3H3,(H,31,36)/t20-,23?,24-,25+,30?/m1/s1. The van der Waals surface area contributed by atoms with Gasteiger partial charge in [0.2, 0.25) is 10.0 Å². The van der Waals surface area contributed by atoms with Crippen molar-refractivity contribution in [2.75, 3.05) is 5.75 Å². The molecule has 5 rings (SSSR count). The normalized spacial score (nSPS) is 26.1. The van der Waals surface area contributed by atoms with Crippen LogP contribution in [-0.4, -0.2) is 64.9 Å². The van der Waals surface area contributed by atoms with E-state index in [1.165, 1.54) is 6.92 Å². The van der Waals surface area contributed by atoms with Crippen LogP contribution in [0.2, 0.25) is 0 Å². The molecule has 2 aromatic carbocycles. The SMILES string of the molecule is C[C@@H](O)[C@@H](C(=O)N1[C@@H]2CC3CCC2(CS1(=O)=O)C3(C)C)N(NC(=O)OCc1ccccc1)C(=O)OCc1ccccc1. The molecular weight excluding hydrogens is 562 g/mol. The van der Waals surface area contributed by atoms with E-state index in [1.807, 2.05) is 0 Å². The van der Waals surface area contributed by atoms with Crippen LogP contribution in [0.3, 0.4) is 0 Å². The predicted molar refractivity (Wildman–Crippen MR) is 152 cm³/mol. The minimum Gasteiger partial charge on any atom is -0.443 e. The number of aliphatic hydroxyl groups is 1. The van der Waals surface area contributed by atoms with Gasteiger partial charge in [-0.15, -0.1) is 0 Å². The molecule has 1 saturated heterocycles. The van der Waals surface area contributed by atoms with E-state index in [1.54, 1.807) is 60.7 Å². The predicted octanol–water partition coefficient (Wildman–Crippen LogP) is 3.58. The Hall–Kier alpha value is -3.64. The van der Waals surface area contributed by atoms with Gasteiger partial charge in [0.1, 0.15) is 13.2 Å². The van der Waals surface area contributed by atoms with Crippen LogP contribution >= 0.6 is 0 Å². The van der Waals surface area contributed by atoms with Crippen LogP contribution in [0.15, 0.2) is 60.7 Å². The number of hydrogen-bond donors (Lipinski definition) is 2. The van der Waals surface area contributed by atoms with Crippen LogP contribution in [0.5, 0.6) is 0 Å². The van der Waals surface area contributed by atoms with Gasteiger partial charge in [-0.3, -0.25) is 4.79 Å². The molecule has 0 aromatic heterocycles. The fraction of sp³-hybridized carbons (Fsp3) is 0.500. The molecule has 2 N–H and O–H groups in total. The molecule has 1 aliphatic heterocycles. The van der Waals surface area contributed by atoms with E-state index in [4.69, 9.17) is 9.47 Å². The lowest BCUT2D eigenvalue weighted by molar-refractivity contribution is -0.139. The smallest absolute Gasteiger partial charge is 0.429 e. The summed E-state index contributed by atoms with van der Waals surface area (Å²) in [5.41, 5.74) is 2.65. The highest BCUT2D eigenvalue weighted by Gasteiger charge is 2.72. The minimum atomic E-state index is -4.08. The molecule has 1 heterocycles. The largest absolute Gasteiger partial charge is 0.443 e.